The molecule has 150 valence electrons. The second-order valence-electron chi connectivity index (χ2n) is 6.25. The monoisotopic (exact) mass is 416 g/mol. The van der Waals surface area contributed by atoms with Crippen LogP contribution in [-0.2, 0) is 9.84 Å². The number of anilines is 1. The summed E-state index contributed by atoms with van der Waals surface area (Å²) in [5.74, 6) is -0.693. The van der Waals surface area contributed by atoms with Gasteiger partial charge in [0.05, 0.1) is 16.3 Å². The summed E-state index contributed by atoms with van der Waals surface area (Å²) >= 11 is 0. The summed E-state index contributed by atoms with van der Waals surface area (Å²) < 4.78 is 24.8. The number of amides is 1. The minimum atomic E-state index is -3.84. The maximum absolute atomic E-state index is 12.7. The summed E-state index contributed by atoms with van der Waals surface area (Å²) in [6.45, 7) is 1.71. The third kappa shape index (κ3) is 3.94. The van der Waals surface area contributed by atoms with Gasteiger partial charge < -0.3 is 10.3 Å². The molecule has 1 amide bonds. The van der Waals surface area contributed by atoms with Crippen LogP contribution in [0.15, 0.2) is 58.4 Å². The van der Waals surface area contributed by atoms with Gasteiger partial charge in [-0.1, -0.05) is 12.1 Å². The molecule has 3 rings (SSSR count). The van der Waals surface area contributed by atoms with Gasteiger partial charge in [0, 0.05) is 29.8 Å². The normalized spacial score (nSPS) is 11.2. The maximum atomic E-state index is 12.7. The Kier molecular flexibility index (Phi) is 5.08. The van der Waals surface area contributed by atoms with Crippen molar-refractivity contribution in [2.24, 2.45) is 0 Å². The van der Waals surface area contributed by atoms with Crippen LogP contribution >= 0.6 is 0 Å². The molecule has 10 nitrogen and oxygen atoms in total. The lowest BCUT2D eigenvalue weighted by molar-refractivity contribution is -0.387. The van der Waals surface area contributed by atoms with E-state index in [1.807, 2.05) is 0 Å². The summed E-state index contributed by atoms with van der Waals surface area (Å²) in [7, 11) is -3.84. The van der Waals surface area contributed by atoms with E-state index in [1.54, 1.807) is 31.2 Å². The Labute approximate surface area is 164 Å². The van der Waals surface area contributed by atoms with Gasteiger partial charge in [-0.2, -0.15) is 0 Å². The molecule has 1 aromatic heterocycles. The number of benzene rings is 2. The molecule has 0 unspecified atom stereocenters. The van der Waals surface area contributed by atoms with Crippen molar-refractivity contribution in [2.75, 3.05) is 11.6 Å². The van der Waals surface area contributed by atoms with Crippen LogP contribution in [0.5, 0.6) is 0 Å². The number of imidazole rings is 1. The van der Waals surface area contributed by atoms with Gasteiger partial charge in [0.25, 0.3) is 11.6 Å². The van der Waals surface area contributed by atoms with E-state index in [-0.39, 0.29) is 5.56 Å². The lowest BCUT2D eigenvalue weighted by atomic mass is 10.1. The lowest BCUT2D eigenvalue weighted by Gasteiger charge is -2.12. The quantitative estimate of drug-likeness (QED) is 0.481. The number of nitro groups is 1. The number of para-hydroxylation sites is 2. The van der Waals surface area contributed by atoms with Crippen molar-refractivity contribution in [3.8, 4) is 5.69 Å². The van der Waals surface area contributed by atoms with Crippen molar-refractivity contribution >= 4 is 27.1 Å². The smallest absolute Gasteiger partial charge is 0.320 e. The van der Waals surface area contributed by atoms with Gasteiger partial charge in [0.2, 0.25) is 0 Å². The number of H-pyrrole nitrogens is 1. The van der Waals surface area contributed by atoms with Crippen LogP contribution in [0, 0.1) is 17.0 Å². The highest BCUT2D eigenvalue weighted by Crippen LogP contribution is 2.26. The second kappa shape index (κ2) is 7.36. The first kappa shape index (κ1) is 20.0. The molecule has 1 heterocycles. The number of aromatic amines is 1. The molecule has 3 aromatic rings. The Morgan fingerprint density at radius 3 is 2.48 bits per heavy atom. The first-order valence-corrected chi connectivity index (χ1v) is 10.1. The Bertz CT molecular complexity index is 1290. The average molecular weight is 416 g/mol. The van der Waals surface area contributed by atoms with E-state index in [0.29, 0.717) is 17.1 Å². The minimum absolute atomic E-state index is 0.1000. The van der Waals surface area contributed by atoms with Crippen LogP contribution in [0.25, 0.3) is 5.69 Å². The van der Waals surface area contributed by atoms with Gasteiger partial charge in [-0.05, 0) is 31.2 Å². The summed E-state index contributed by atoms with van der Waals surface area (Å²) in [5, 5.41) is 13.9. The molecular weight excluding hydrogens is 400 g/mol. The first-order valence-electron chi connectivity index (χ1n) is 8.26. The standard InChI is InChI=1S/C18H16N4O6S/c1-11-10-19-18(24)21(11)14-6-4-3-5-13(14)20-17(23)12-7-8-16(29(2,27)28)15(9-12)22(25)26/h3-10H,1-2H3,(H,19,24)(H,20,23). The Balaban J connectivity index is 2.02. The fourth-order valence-electron chi connectivity index (χ4n) is 2.84. The predicted octanol–water partition coefficient (Wildman–Crippen LogP) is 2.04. The van der Waals surface area contributed by atoms with E-state index >= 15 is 0 Å². The number of nitrogens with zero attached hydrogens (tertiary/aromatic N) is 2. The molecular formula is C18H16N4O6S. The molecule has 0 bridgehead atoms. The van der Waals surface area contributed by atoms with Crippen LogP contribution in [0.4, 0.5) is 11.4 Å². The number of carbonyl (C=O) groups excluding carboxylic acids is 1. The van der Waals surface area contributed by atoms with Crippen molar-refractivity contribution in [1.82, 2.24) is 9.55 Å². The fraction of sp³-hybridized carbons (Fsp3) is 0.111. The van der Waals surface area contributed by atoms with Crippen molar-refractivity contribution in [1.29, 1.82) is 0 Å². The van der Waals surface area contributed by atoms with Crippen LogP contribution in [0.2, 0.25) is 0 Å². The predicted molar refractivity (Wildman–Crippen MR) is 105 cm³/mol. The number of sulfone groups is 1. The van der Waals surface area contributed by atoms with Crippen molar-refractivity contribution in [3.63, 3.8) is 0 Å². The number of hydrogen-bond acceptors (Lipinski definition) is 6. The van der Waals surface area contributed by atoms with E-state index in [4.69, 9.17) is 0 Å². The molecule has 0 aliphatic rings. The molecule has 0 saturated carbocycles. The zero-order chi connectivity index (χ0) is 21.3. The average Bonchev–Trinajstić information content (AvgIpc) is 2.99. The zero-order valence-corrected chi connectivity index (χ0v) is 16.2. The van der Waals surface area contributed by atoms with E-state index in [0.717, 1.165) is 18.4 Å². The summed E-state index contributed by atoms with van der Waals surface area (Å²) in [4.78, 5) is 37.2. The Morgan fingerprint density at radius 1 is 1.21 bits per heavy atom. The molecule has 0 aliphatic carbocycles. The van der Waals surface area contributed by atoms with E-state index in [2.05, 4.69) is 10.3 Å². The third-order valence-corrected chi connectivity index (χ3v) is 5.31. The van der Waals surface area contributed by atoms with Crippen LogP contribution in [0.3, 0.4) is 0 Å². The third-order valence-electron chi connectivity index (χ3n) is 4.17. The number of nitrogens with one attached hydrogen (secondary N) is 2. The Hall–Kier alpha value is -3.73. The van der Waals surface area contributed by atoms with Gasteiger partial charge >= 0.3 is 5.69 Å². The molecule has 0 fully saturated rings. The van der Waals surface area contributed by atoms with E-state index < -0.39 is 36.9 Å². The molecule has 29 heavy (non-hydrogen) atoms. The SMILES string of the molecule is Cc1c[nH]c(=O)n1-c1ccccc1NC(=O)c1ccc(S(C)(=O)=O)c([N+](=O)[O-])c1. The molecule has 0 spiro atoms. The highest BCUT2D eigenvalue weighted by Gasteiger charge is 2.24. The summed E-state index contributed by atoms with van der Waals surface area (Å²) in [5.41, 5.74) is 0.148. The first-order chi connectivity index (χ1) is 13.6. The number of rotatable bonds is 5. The summed E-state index contributed by atoms with van der Waals surface area (Å²) in [6.07, 6.45) is 2.37. The van der Waals surface area contributed by atoms with Gasteiger partial charge in [-0.3, -0.25) is 19.5 Å². The molecule has 2 N–H and O–H groups in total. The number of nitro benzene ring substituents is 1. The number of carbonyl (C=O) groups is 1. The van der Waals surface area contributed by atoms with E-state index in [1.165, 1.54) is 16.8 Å². The summed E-state index contributed by atoms with van der Waals surface area (Å²) in [6, 6.07) is 9.67. The largest absolute Gasteiger partial charge is 0.330 e. The number of aryl methyl sites for hydroxylation is 1. The molecule has 0 radical (unpaired) electrons. The number of hydrogen-bond donors (Lipinski definition) is 2. The molecule has 11 heteroatoms. The highest BCUT2D eigenvalue weighted by molar-refractivity contribution is 7.90. The fourth-order valence-corrected chi connectivity index (χ4v) is 3.67. The van der Waals surface area contributed by atoms with Crippen LogP contribution < -0.4 is 11.0 Å². The van der Waals surface area contributed by atoms with E-state index in [9.17, 15) is 28.1 Å². The second-order valence-corrected chi connectivity index (χ2v) is 8.24. The van der Waals surface area contributed by atoms with Crippen LogP contribution in [0.1, 0.15) is 16.1 Å². The Morgan fingerprint density at radius 2 is 1.90 bits per heavy atom. The minimum Gasteiger partial charge on any atom is -0.320 e. The van der Waals surface area contributed by atoms with Gasteiger partial charge in [0.1, 0.15) is 4.90 Å². The molecule has 2 aromatic carbocycles. The van der Waals surface area contributed by atoms with Crippen LogP contribution in [-0.4, -0.2) is 35.1 Å². The van der Waals surface area contributed by atoms with Crippen molar-refractivity contribution in [2.45, 2.75) is 11.8 Å². The number of aromatic nitrogens is 2. The van der Waals surface area contributed by atoms with Gasteiger partial charge in [-0.15, -0.1) is 0 Å². The highest BCUT2D eigenvalue weighted by atomic mass is 32.2. The maximum Gasteiger partial charge on any atom is 0.330 e. The topological polar surface area (TPSA) is 144 Å². The van der Waals surface area contributed by atoms with Crippen molar-refractivity contribution < 1.29 is 18.1 Å². The molecule has 0 atom stereocenters. The lowest BCUT2D eigenvalue weighted by Crippen LogP contribution is -2.20. The zero-order valence-electron chi connectivity index (χ0n) is 15.4. The molecule has 0 aliphatic heterocycles. The molecule has 0 saturated heterocycles. The van der Waals surface area contributed by atoms with Gasteiger partial charge in [0.15, 0.2) is 9.84 Å². The van der Waals surface area contributed by atoms with Crippen molar-refractivity contribution in [3.05, 3.63) is 80.5 Å². The van der Waals surface area contributed by atoms with Gasteiger partial charge in [-0.25, -0.2) is 13.2 Å².